The Morgan fingerprint density at radius 3 is 1.73 bits per heavy atom. The van der Waals surface area contributed by atoms with Crippen LogP contribution in [0.3, 0.4) is 0 Å². The fourth-order valence-electron chi connectivity index (χ4n) is 3.73. The van der Waals surface area contributed by atoms with Crippen LogP contribution >= 0.6 is 0 Å². The lowest BCUT2D eigenvalue weighted by Crippen LogP contribution is -2.50. The van der Waals surface area contributed by atoms with Crippen molar-refractivity contribution in [3.63, 3.8) is 0 Å². The summed E-state index contributed by atoms with van der Waals surface area (Å²) >= 11 is 0. The highest BCUT2D eigenvalue weighted by Crippen LogP contribution is 2.45. The van der Waals surface area contributed by atoms with Crippen molar-refractivity contribution in [1.29, 1.82) is 0 Å². The van der Waals surface area contributed by atoms with Gasteiger partial charge >= 0.3 is 17.0 Å². The van der Waals surface area contributed by atoms with E-state index in [1.807, 2.05) is 0 Å². The van der Waals surface area contributed by atoms with E-state index in [0.717, 1.165) is 0 Å². The minimum absolute atomic E-state index is 0.0208. The molecule has 0 aromatic carbocycles. The first-order chi connectivity index (χ1) is 13.6. The second-order valence-corrected chi connectivity index (χ2v) is 11.4. The Kier molecular flexibility index (Phi) is 9.04. The molecule has 1 aliphatic carbocycles. The molecule has 1 rings (SSSR count). The lowest BCUT2D eigenvalue weighted by molar-refractivity contribution is -0.143. The molecule has 0 aromatic heterocycles. The molecule has 178 valence electrons. The molecule has 0 saturated heterocycles. The number of carbonyl (C=O) groups excluding carboxylic acids is 1. The van der Waals surface area contributed by atoms with Gasteiger partial charge in [0.15, 0.2) is 0 Å². The predicted molar refractivity (Wildman–Crippen MR) is 94.6 cm³/mol. The Morgan fingerprint density at radius 1 is 0.867 bits per heavy atom. The quantitative estimate of drug-likeness (QED) is 0.276. The third kappa shape index (κ3) is 6.24. The van der Waals surface area contributed by atoms with Gasteiger partial charge in [-0.2, -0.15) is 26.3 Å². The number of ether oxygens (including phenoxy) is 1. The molecule has 0 radical (unpaired) electrons. The van der Waals surface area contributed by atoms with Crippen molar-refractivity contribution in [3.05, 3.63) is 0 Å². The van der Waals surface area contributed by atoms with Gasteiger partial charge in [-0.25, -0.2) is 16.8 Å². The van der Waals surface area contributed by atoms with E-state index in [4.69, 9.17) is 0 Å². The molecule has 2 atom stereocenters. The molecule has 0 aromatic rings. The number of esters is 1. The normalized spacial score (nSPS) is 23.9. The maximum Gasteiger partial charge on any atom is 0.497 e. The summed E-state index contributed by atoms with van der Waals surface area (Å²) < 4.78 is 131. The van der Waals surface area contributed by atoms with E-state index in [1.165, 1.54) is 0 Å². The Hall–Kier alpha value is -1.05. The molecule has 0 heterocycles. The number of carbonyl (C=O) groups is 1. The maximum absolute atomic E-state index is 13.0. The highest BCUT2D eigenvalue weighted by atomic mass is 32.2. The SMILES string of the molecule is CCOC(=O)CCCCCC1C(S(=O)(=O)C(F)(F)F)CCCC1S(=O)(=O)C(F)(F)F. The maximum atomic E-state index is 13.0. The van der Waals surface area contributed by atoms with Crippen molar-refractivity contribution in [2.75, 3.05) is 6.61 Å². The predicted octanol–water partition coefficient (Wildman–Crippen LogP) is 3.91. The largest absolute Gasteiger partial charge is 0.497 e. The lowest BCUT2D eigenvalue weighted by atomic mass is 9.84. The number of alkyl halides is 6. The Bertz CT molecular complexity index is 736. The number of halogens is 6. The lowest BCUT2D eigenvalue weighted by Gasteiger charge is -2.37. The van der Waals surface area contributed by atoms with Crippen molar-refractivity contribution in [1.82, 2.24) is 0 Å². The van der Waals surface area contributed by atoms with Crippen LogP contribution in [0.2, 0.25) is 0 Å². The smallest absolute Gasteiger partial charge is 0.466 e. The van der Waals surface area contributed by atoms with Gasteiger partial charge in [0.05, 0.1) is 17.1 Å². The summed E-state index contributed by atoms with van der Waals surface area (Å²) in [5.41, 5.74) is -11.4. The number of hydrogen-bond acceptors (Lipinski definition) is 6. The van der Waals surface area contributed by atoms with Gasteiger partial charge in [0.25, 0.3) is 19.7 Å². The summed E-state index contributed by atoms with van der Waals surface area (Å²) in [4.78, 5) is 11.3. The zero-order chi connectivity index (χ0) is 23.4. The Balaban J connectivity index is 3.08. The van der Waals surface area contributed by atoms with E-state index in [2.05, 4.69) is 4.74 Å². The third-order valence-electron chi connectivity index (χ3n) is 5.10. The van der Waals surface area contributed by atoms with Crippen LogP contribution in [0.15, 0.2) is 0 Å². The van der Waals surface area contributed by atoms with Crippen LogP contribution in [0.1, 0.15) is 58.3 Å². The van der Waals surface area contributed by atoms with Gasteiger partial charge in [0.2, 0.25) is 0 Å². The first-order valence-electron chi connectivity index (χ1n) is 9.33. The van der Waals surface area contributed by atoms with E-state index in [1.54, 1.807) is 6.92 Å². The van der Waals surface area contributed by atoms with E-state index in [9.17, 15) is 48.0 Å². The van der Waals surface area contributed by atoms with Crippen molar-refractivity contribution in [2.45, 2.75) is 79.8 Å². The zero-order valence-electron chi connectivity index (χ0n) is 16.1. The average molecular weight is 490 g/mol. The third-order valence-corrected chi connectivity index (χ3v) is 9.15. The van der Waals surface area contributed by atoms with Gasteiger partial charge in [-0.15, -0.1) is 0 Å². The Morgan fingerprint density at radius 2 is 1.33 bits per heavy atom. The Labute approximate surface area is 171 Å². The molecule has 6 nitrogen and oxygen atoms in total. The van der Waals surface area contributed by atoms with Gasteiger partial charge in [-0.1, -0.05) is 19.3 Å². The summed E-state index contributed by atoms with van der Waals surface area (Å²) in [6.07, 6.45) is -1.63. The zero-order valence-corrected chi connectivity index (χ0v) is 17.8. The summed E-state index contributed by atoms with van der Waals surface area (Å²) in [6.45, 7) is 1.73. The molecule has 30 heavy (non-hydrogen) atoms. The fraction of sp³-hybridized carbons (Fsp3) is 0.938. The molecule has 1 aliphatic rings. The molecule has 0 aliphatic heterocycles. The van der Waals surface area contributed by atoms with Crippen LogP contribution in [-0.2, 0) is 29.2 Å². The molecule has 1 saturated carbocycles. The highest BCUT2D eigenvalue weighted by molar-refractivity contribution is 7.93. The standard InChI is InChI=1S/C16H24F6O6S2/c1-2-28-14(23)10-5-3-4-7-11-12(29(24,25)15(17,18)19)8-6-9-13(11)30(26,27)16(20,21)22/h11-13H,2-10H2,1H3. The summed E-state index contributed by atoms with van der Waals surface area (Å²) in [7, 11) is -11.7. The van der Waals surface area contributed by atoms with Crippen LogP contribution < -0.4 is 0 Å². The molecule has 0 spiro atoms. The van der Waals surface area contributed by atoms with Crippen LogP contribution in [0, 0.1) is 5.92 Å². The first kappa shape index (κ1) is 27.0. The average Bonchev–Trinajstić information content (AvgIpc) is 2.59. The number of rotatable bonds is 9. The van der Waals surface area contributed by atoms with Crippen LogP contribution in [0.4, 0.5) is 26.3 Å². The monoisotopic (exact) mass is 490 g/mol. The van der Waals surface area contributed by atoms with Crippen LogP contribution in [0.25, 0.3) is 0 Å². The van der Waals surface area contributed by atoms with E-state index >= 15 is 0 Å². The van der Waals surface area contributed by atoms with Gasteiger partial charge < -0.3 is 4.74 Å². The van der Waals surface area contributed by atoms with Crippen molar-refractivity contribution in [2.24, 2.45) is 5.92 Å². The molecule has 1 fully saturated rings. The summed E-state index contributed by atoms with van der Waals surface area (Å²) in [5.74, 6) is -2.37. The molecule has 0 N–H and O–H groups in total. The van der Waals surface area contributed by atoms with Crippen molar-refractivity contribution >= 4 is 25.6 Å². The van der Waals surface area contributed by atoms with E-state index < -0.39 is 72.3 Å². The number of unbranched alkanes of at least 4 members (excludes halogenated alkanes) is 2. The van der Waals surface area contributed by atoms with Crippen molar-refractivity contribution in [3.8, 4) is 0 Å². The molecular formula is C16H24F6O6S2. The summed E-state index contributed by atoms with van der Waals surface area (Å²) in [5, 5.41) is -4.53. The van der Waals surface area contributed by atoms with E-state index in [0.29, 0.717) is 0 Å². The van der Waals surface area contributed by atoms with Gasteiger partial charge in [-0.05, 0) is 38.5 Å². The van der Waals surface area contributed by atoms with Gasteiger partial charge in [-0.3, -0.25) is 4.79 Å². The first-order valence-corrected chi connectivity index (χ1v) is 12.4. The van der Waals surface area contributed by atoms with Gasteiger partial charge in [0.1, 0.15) is 0 Å². The fourth-order valence-corrected chi connectivity index (χ4v) is 7.04. The number of sulfone groups is 2. The second kappa shape index (κ2) is 10.0. The molecule has 0 bridgehead atoms. The second-order valence-electron chi connectivity index (χ2n) is 7.06. The highest BCUT2D eigenvalue weighted by Gasteiger charge is 2.60. The van der Waals surface area contributed by atoms with Crippen molar-refractivity contribution < 1.29 is 52.7 Å². The minimum Gasteiger partial charge on any atom is -0.466 e. The number of hydrogen-bond donors (Lipinski definition) is 0. The molecular weight excluding hydrogens is 466 g/mol. The molecule has 0 amide bonds. The van der Waals surface area contributed by atoms with E-state index in [-0.39, 0.29) is 38.7 Å². The van der Waals surface area contributed by atoms with Gasteiger partial charge in [0, 0.05) is 6.42 Å². The molecule has 14 heteroatoms. The van der Waals surface area contributed by atoms with Crippen LogP contribution in [0.5, 0.6) is 0 Å². The molecule has 2 unspecified atom stereocenters. The van der Waals surface area contributed by atoms with Crippen LogP contribution in [-0.4, -0.2) is 50.9 Å². The topological polar surface area (TPSA) is 94.6 Å². The minimum atomic E-state index is -5.86. The summed E-state index contributed by atoms with van der Waals surface area (Å²) in [6, 6.07) is 0.